The number of rotatable bonds is 2. The minimum Gasteiger partial charge on any atom is -0.604 e. The van der Waals surface area contributed by atoms with Gasteiger partial charge in [0.05, 0.1) is 11.2 Å². The third-order valence-electron chi connectivity index (χ3n) is 0.979. The summed E-state index contributed by atoms with van der Waals surface area (Å²) in [6.07, 6.45) is 1.40. The zero-order valence-electron chi connectivity index (χ0n) is 5.18. The molecule has 1 unspecified atom stereocenters. The molecule has 0 aromatic carbocycles. The van der Waals surface area contributed by atoms with E-state index in [0.29, 0.717) is 0 Å². The first-order valence-electron chi connectivity index (χ1n) is 2.64. The zero-order chi connectivity index (χ0) is 8.48. The summed E-state index contributed by atoms with van der Waals surface area (Å²) < 4.78 is 31.3. The van der Waals surface area contributed by atoms with E-state index < -0.39 is 15.9 Å². The average Bonchev–Trinajstić information content (AvgIpc) is 2.34. The molecule has 0 fully saturated rings. The van der Waals surface area contributed by atoms with E-state index in [1.165, 1.54) is 18.3 Å². The normalized spacial score (nSPS) is 14.9. The van der Waals surface area contributed by atoms with Crippen LogP contribution >= 0.6 is 11.6 Å². The van der Waals surface area contributed by atoms with Crippen molar-refractivity contribution in [2.75, 3.05) is 0 Å². The highest BCUT2D eigenvalue weighted by Gasteiger charge is 2.43. The van der Waals surface area contributed by atoms with E-state index in [-0.39, 0.29) is 5.03 Å². The molecule has 62 valence electrons. The molecular formula is C5H4ClF2NOS. The van der Waals surface area contributed by atoms with Gasteiger partial charge in [-0.1, -0.05) is 0 Å². The largest absolute Gasteiger partial charge is 0.604 e. The topological polar surface area (TPSA) is 38.8 Å². The number of halogens is 3. The van der Waals surface area contributed by atoms with Crippen molar-refractivity contribution in [2.45, 2.75) is 9.74 Å². The molecule has 1 heterocycles. The molecule has 0 amide bonds. The first-order chi connectivity index (χ1) is 5.02. The fourth-order valence-electron chi connectivity index (χ4n) is 0.554. The summed E-state index contributed by atoms with van der Waals surface area (Å²) in [5.74, 6) is 0. The highest BCUT2D eigenvalue weighted by atomic mass is 35.5. The number of aromatic amines is 1. The van der Waals surface area contributed by atoms with Gasteiger partial charge in [-0.15, -0.1) is 8.78 Å². The van der Waals surface area contributed by atoms with E-state index in [0.717, 1.165) is 0 Å². The number of aromatic nitrogens is 1. The van der Waals surface area contributed by atoms with E-state index >= 15 is 0 Å². The summed E-state index contributed by atoms with van der Waals surface area (Å²) in [5, 5.41) is -0.0787. The molecule has 0 spiro atoms. The number of alkyl halides is 3. The predicted octanol–water partition coefficient (Wildman–Crippen LogP) is 1.91. The molecule has 0 saturated carbocycles. The van der Waals surface area contributed by atoms with Gasteiger partial charge >= 0.3 is 4.71 Å². The van der Waals surface area contributed by atoms with Crippen molar-refractivity contribution >= 4 is 22.8 Å². The number of hydrogen-bond donors (Lipinski definition) is 1. The third-order valence-corrected chi connectivity index (χ3v) is 2.47. The van der Waals surface area contributed by atoms with E-state index in [4.69, 9.17) is 0 Å². The first kappa shape index (κ1) is 8.83. The van der Waals surface area contributed by atoms with Crippen LogP contribution in [0, 0.1) is 0 Å². The van der Waals surface area contributed by atoms with Crippen LogP contribution in [0.4, 0.5) is 8.78 Å². The molecule has 0 saturated heterocycles. The van der Waals surface area contributed by atoms with Gasteiger partial charge in [-0.05, 0) is 6.07 Å². The second-order valence-electron chi connectivity index (χ2n) is 1.75. The second-order valence-corrected chi connectivity index (χ2v) is 3.94. The van der Waals surface area contributed by atoms with Crippen LogP contribution in [0.25, 0.3) is 0 Å². The molecule has 1 atom stereocenters. The summed E-state index contributed by atoms with van der Waals surface area (Å²) >= 11 is 2.03. The lowest BCUT2D eigenvalue weighted by Gasteiger charge is -2.11. The second kappa shape index (κ2) is 3.00. The molecule has 0 aliphatic heterocycles. The fraction of sp³-hybridized carbons (Fsp3) is 0.200. The molecule has 1 rings (SSSR count). The van der Waals surface area contributed by atoms with Crippen LogP contribution in [0.5, 0.6) is 0 Å². The van der Waals surface area contributed by atoms with E-state index in [1.807, 2.05) is 0 Å². The Morgan fingerprint density at radius 1 is 1.64 bits per heavy atom. The van der Waals surface area contributed by atoms with Crippen LogP contribution in [0.15, 0.2) is 23.4 Å². The molecular weight excluding hydrogens is 196 g/mol. The molecule has 1 aromatic heterocycles. The van der Waals surface area contributed by atoms with Gasteiger partial charge in [0, 0.05) is 23.9 Å². The van der Waals surface area contributed by atoms with Crippen LogP contribution in [0.1, 0.15) is 0 Å². The Morgan fingerprint density at radius 2 is 2.27 bits per heavy atom. The smallest absolute Gasteiger partial charge is 0.498 e. The lowest BCUT2D eigenvalue weighted by Crippen LogP contribution is -2.22. The van der Waals surface area contributed by atoms with Crippen molar-refractivity contribution in [3.8, 4) is 0 Å². The first-order valence-corrected chi connectivity index (χ1v) is 4.16. The van der Waals surface area contributed by atoms with Crippen molar-refractivity contribution in [1.29, 1.82) is 0 Å². The summed E-state index contributed by atoms with van der Waals surface area (Å²) in [5.41, 5.74) is 0. The summed E-state index contributed by atoms with van der Waals surface area (Å²) in [4.78, 5) is 2.38. The lowest BCUT2D eigenvalue weighted by molar-refractivity contribution is 0.186. The Morgan fingerprint density at radius 3 is 2.64 bits per heavy atom. The van der Waals surface area contributed by atoms with E-state index in [1.54, 1.807) is 0 Å². The molecule has 0 aliphatic carbocycles. The van der Waals surface area contributed by atoms with Gasteiger partial charge < -0.3 is 9.54 Å². The van der Waals surface area contributed by atoms with Gasteiger partial charge in [0.1, 0.15) is 0 Å². The van der Waals surface area contributed by atoms with E-state index in [9.17, 15) is 13.3 Å². The minimum absolute atomic E-state index is 0.0787. The maximum Gasteiger partial charge on any atom is 0.498 e. The van der Waals surface area contributed by atoms with Gasteiger partial charge in [0.25, 0.3) is 0 Å². The average molecular weight is 200 g/mol. The number of H-pyrrole nitrogens is 1. The molecule has 2 nitrogen and oxygen atoms in total. The van der Waals surface area contributed by atoms with E-state index in [2.05, 4.69) is 16.6 Å². The van der Waals surface area contributed by atoms with Crippen molar-refractivity contribution in [3.05, 3.63) is 18.3 Å². The maximum atomic E-state index is 12.1. The Bertz CT molecular complexity index is 223. The zero-order valence-corrected chi connectivity index (χ0v) is 6.75. The summed E-state index contributed by atoms with van der Waals surface area (Å²) in [6, 6.07) is 2.75. The van der Waals surface area contributed by atoms with Crippen LogP contribution in [0.2, 0.25) is 0 Å². The molecule has 1 aromatic rings. The number of nitrogens with one attached hydrogen (secondary N) is 1. The van der Waals surface area contributed by atoms with Crippen molar-refractivity contribution in [1.82, 2.24) is 4.98 Å². The fourth-order valence-corrected chi connectivity index (χ4v) is 1.43. The van der Waals surface area contributed by atoms with Crippen molar-refractivity contribution in [3.63, 3.8) is 0 Å². The van der Waals surface area contributed by atoms with Crippen LogP contribution < -0.4 is 0 Å². The summed E-state index contributed by atoms with van der Waals surface area (Å²) in [6.45, 7) is 0. The van der Waals surface area contributed by atoms with Gasteiger partial charge in [0.15, 0.2) is 0 Å². The van der Waals surface area contributed by atoms with Gasteiger partial charge in [0.2, 0.25) is 5.03 Å². The highest BCUT2D eigenvalue weighted by molar-refractivity contribution is 7.93. The van der Waals surface area contributed by atoms with Crippen molar-refractivity contribution in [2.24, 2.45) is 0 Å². The van der Waals surface area contributed by atoms with Crippen LogP contribution in [-0.4, -0.2) is 14.3 Å². The molecule has 6 heteroatoms. The quantitative estimate of drug-likeness (QED) is 0.574. The Kier molecular flexibility index (Phi) is 2.41. The molecule has 0 radical (unpaired) electrons. The standard InChI is InChI=1S/C5H4ClF2NOS/c6-5(7,8)11(10)4-2-1-3-9-4/h1-3,9H. The molecule has 0 bridgehead atoms. The number of hydrogen-bond acceptors (Lipinski definition) is 1. The Hall–Kier alpha value is -0.260. The predicted molar refractivity (Wildman–Crippen MR) is 38.0 cm³/mol. The maximum absolute atomic E-state index is 12.1. The SMILES string of the molecule is [O-][S+](c1ccc[nH]1)C(F)(F)Cl. The molecule has 0 aliphatic rings. The van der Waals surface area contributed by atoms with Gasteiger partial charge in [-0.25, -0.2) is 0 Å². The molecule has 1 N–H and O–H groups in total. The van der Waals surface area contributed by atoms with Crippen LogP contribution in [-0.2, 0) is 11.2 Å². The Balaban J connectivity index is 2.78. The van der Waals surface area contributed by atoms with Crippen LogP contribution in [0.3, 0.4) is 0 Å². The summed E-state index contributed by atoms with van der Waals surface area (Å²) in [7, 11) is 0. The highest BCUT2D eigenvalue weighted by Crippen LogP contribution is 2.31. The monoisotopic (exact) mass is 199 g/mol. The van der Waals surface area contributed by atoms with Crippen molar-refractivity contribution < 1.29 is 13.3 Å². The lowest BCUT2D eigenvalue weighted by atomic mass is 10.7. The minimum atomic E-state index is -3.70. The van der Waals surface area contributed by atoms with Gasteiger partial charge in [-0.3, -0.25) is 0 Å². The molecule has 11 heavy (non-hydrogen) atoms. The third kappa shape index (κ3) is 2.08. The van der Waals surface area contributed by atoms with Gasteiger partial charge in [-0.2, -0.15) is 0 Å². The Labute approximate surface area is 69.7 Å².